The first kappa shape index (κ1) is 34.0. The van der Waals surface area contributed by atoms with Gasteiger partial charge in [0.05, 0.1) is 11.4 Å². The van der Waals surface area contributed by atoms with E-state index in [0.29, 0.717) is 40.2 Å². The van der Waals surface area contributed by atoms with Gasteiger partial charge in [0, 0.05) is 48.2 Å². The van der Waals surface area contributed by atoms with Gasteiger partial charge in [-0.3, -0.25) is 19.4 Å². The number of urea groups is 1. The Morgan fingerprint density at radius 1 is 0.896 bits per heavy atom. The molecular weight excluding hydrogens is 608 g/mol. The van der Waals surface area contributed by atoms with Crippen LogP contribution in [0.3, 0.4) is 0 Å². The molecule has 0 bridgehead atoms. The lowest BCUT2D eigenvalue weighted by Gasteiger charge is -2.14. The van der Waals surface area contributed by atoms with Gasteiger partial charge in [0.15, 0.2) is 0 Å². The molecule has 1 fully saturated rings. The molecule has 48 heavy (non-hydrogen) atoms. The summed E-state index contributed by atoms with van der Waals surface area (Å²) in [5, 5.41) is 16.1. The van der Waals surface area contributed by atoms with Crippen LogP contribution in [0.1, 0.15) is 58.0 Å². The molecule has 0 atom stereocenters. The first-order chi connectivity index (χ1) is 23.0. The van der Waals surface area contributed by atoms with Gasteiger partial charge in [-0.2, -0.15) is 5.10 Å². The number of aromatic nitrogens is 3. The van der Waals surface area contributed by atoms with Crippen LogP contribution in [-0.2, 0) is 6.54 Å². The van der Waals surface area contributed by atoms with Gasteiger partial charge in [-0.15, -0.1) is 0 Å². The second kappa shape index (κ2) is 15.0. The maximum Gasteiger partial charge on any atom is 0.323 e. The van der Waals surface area contributed by atoms with E-state index >= 15 is 0 Å². The van der Waals surface area contributed by atoms with Crippen molar-refractivity contribution in [1.82, 2.24) is 30.3 Å². The largest absolute Gasteiger partial charge is 0.352 e. The van der Waals surface area contributed by atoms with Gasteiger partial charge in [0.2, 0.25) is 0 Å². The molecule has 0 spiro atoms. The predicted octanol–water partition coefficient (Wildman–Crippen LogP) is 4.83. The second-order valence-electron chi connectivity index (χ2n) is 12.3. The Balaban J connectivity index is 1.45. The van der Waals surface area contributed by atoms with Crippen LogP contribution in [-0.4, -0.2) is 70.7 Å². The zero-order valence-corrected chi connectivity index (χ0v) is 28.0. The van der Waals surface area contributed by atoms with Gasteiger partial charge >= 0.3 is 6.03 Å². The minimum absolute atomic E-state index is 0.0704. The summed E-state index contributed by atoms with van der Waals surface area (Å²) in [5.74, 6) is -0.477. The molecule has 2 aromatic carbocycles. The van der Waals surface area contributed by atoms with Crippen LogP contribution >= 0.6 is 0 Å². The molecule has 0 saturated heterocycles. The van der Waals surface area contributed by atoms with Crippen molar-refractivity contribution in [3.05, 3.63) is 93.5 Å². The minimum atomic E-state index is -0.563. The molecule has 2 heterocycles. The fourth-order valence-electron chi connectivity index (χ4n) is 5.26. The lowest BCUT2D eigenvalue weighted by Crippen LogP contribution is -2.30. The highest BCUT2D eigenvalue weighted by molar-refractivity contribution is 6.02. The number of aryl methyl sites for hydroxylation is 3. The Labute approximate surface area is 280 Å². The summed E-state index contributed by atoms with van der Waals surface area (Å²) in [6.07, 6.45) is 5.99. The van der Waals surface area contributed by atoms with Gasteiger partial charge in [0.25, 0.3) is 17.4 Å². The van der Waals surface area contributed by atoms with E-state index in [-0.39, 0.29) is 30.1 Å². The molecule has 0 unspecified atom stereocenters. The minimum Gasteiger partial charge on any atom is -0.352 e. The third-order valence-electron chi connectivity index (χ3n) is 8.01. The molecule has 12 heteroatoms. The SMILES string of the molecule is CCn1nc(-c2cccc(-c3cc(C(=O)NCCCN(C)C)cc(C(=O)NC4CC4)c3)c2)cc(NC(=O)Nc2c(C)cncc2C)c1=O. The van der Waals surface area contributed by atoms with Crippen molar-refractivity contribution in [2.45, 2.75) is 52.6 Å². The number of anilines is 2. The van der Waals surface area contributed by atoms with Gasteiger partial charge in [-0.05, 0) is 113 Å². The highest BCUT2D eigenvalue weighted by Gasteiger charge is 2.25. The Hall–Kier alpha value is -5.36. The van der Waals surface area contributed by atoms with Crippen LogP contribution in [0.5, 0.6) is 0 Å². The van der Waals surface area contributed by atoms with Crippen molar-refractivity contribution in [1.29, 1.82) is 0 Å². The van der Waals surface area contributed by atoms with E-state index < -0.39 is 11.6 Å². The summed E-state index contributed by atoms with van der Waals surface area (Å²) < 4.78 is 1.29. The number of hydrogen-bond acceptors (Lipinski definition) is 7. The molecule has 2 aromatic heterocycles. The lowest BCUT2D eigenvalue weighted by molar-refractivity contribution is 0.0950. The van der Waals surface area contributed by atoms with E-state index in [9.17, 15) is 19.2 Å². The van der Waals surface area contributed by atoms with Gasteiger partial charge in [0.1, 0.15) is 5.69 Å². The topological polar surface area (TPSA) is 150 Å². The molecule has 12 nitrogen and oxygen atoms in total. The molecule has 1 aliphatic carbocycles. The van der Waals surface area contributed by atoms with Crippen LogP contribution in [0, 0.1) is 13.8 Å². The molecule has 0 radical (unpaired) electrons. The predicted molar refractivity (Wildman–Crippen MR) is 187 cm³/mol. The fraction of sp³-hybridized carbons (Fsp3) is 0.333. The number of nitrogens with zero attached hydrogens (tertiary/aromatic N) is 4. The maximum absolute atomic E-state index is 13.2. The van der Waals surface area contributed by atoms with Crippen molar-refractivity contribution in [3.63, 3.8) is 0 Å². The summed E-state index contributed by atoms with van der Waals surface area (Å²) in [6, 6.07) is 13.8. The number of carbonyl (C=O) groups is 3. The number of benzene rings is 2. The summed E-state index contributed by atoms with van der Waals surface area (Å²) in [6.45, 7) is 7.12. The number of rotatable bonds is 12. The van der Waals surface area contributed by atoms with Gasteiger partial charge in [-0.25, -0.2) is 9.48 Å². The third-order valence-corrected chi connectivity index (χ3v) is 8.01. The number of carbonyl (C=O) groups excluding carboxylic acids is 3. The number of pyridine rings is 1. The highest BCUT2D eigenvalue weighted by atomic mass is 16.2. The third kappa shape index (κ3) is 8.51. The molecule has 1 saturated carbocycles. The van der Waals surface area contributed by atoms with E-state index in [1.165, 1.54) is 4.68 Å². The van der Waals surface area contributed by atoms with E-state index in [1.807, 2.05) is 52.2 Å². The molecule has 4 amide bonds. The summed E-state index contributed by atoms with van der Waals surface area (Å²) in [7, 11) is 3.96. The zero-order valence-electron chi connectivity index (χ0n) is 28.0. The Morgan fingerprint density at radius 3 is 2.25 bits per heavy atom. The molecular formula is C36H42N8O4. The molecule has 5 rings (SSSR count). The first-order valence-corrected chi connectivity index (χ1v) is 16.1. The van der Waals surface area contributed by atoms with Crippen molar-refractivity contribution in [2.75, 3.05) is 37.8 Å². The number of hydrogen-bond donors (Lipinski definition) is 4. The average molecular weight is 651 g/mol. The van der Waals surface area contributed by atoms with Crippen molar-refractivity contribution in [2.24, 2.45) is 0 Å². The fourth-order valence-corrected chi connectivity index (χ4v) is 5.26. The molecule has 1 aliphatic rings. The number of amides is 4. The lowest BCUT2D eigenvalue weighted by atomic mass is 9.97. The van der Waals surface area contributed by atoms with E-state index in [2.05, 4.69) is 36.2 Å². The van der Waals surface area contributed by atoms with Crippen molar-refractivity contribution >= 4 is 29.2 Å². The van der Waals surface area contributed by atoms with E-state index in [4.69, 9.17) is 0 Å². The Kier molecular flexibility index (Phi) is 10.6. The smallest absolute Gasteiger partial charge is 0.323 e. The molecule has 4 N–H and O–H groups in total. The number of nitrogens with one attached hydrogen (secondary N) is 4. The Morgan fingerprint density at radius 2 is 1.58 bits per heavy atom. The van der Waals surface area contributed by atoms with E-state index in [0.717, 1.165) is 42.5 Å². The van der Waals surface area contributed by atoms with Gasteiger partial charge in [-0.1, -0.05) is 18.2 Å². The monoisotopic (exact) mass is 650 g/mol. The zero-order chi connectivity index (χ0) is 34.4. The average Bonchev–Trinajstić information content (AvgIpc) is 3.89. The first-order valence-electron chi connectivity index (χ1n) is 16.1. The standard InChI is InChI=1S/C36H42N8O4/c1-6-44-35(47)31(40-36(48)41-32-22(2)20-37-21-23(32)3)19-30(42-44)25-10-7-9-24(15-25)26-16-27(33(45)38-13-8-14-43(4)5)18-28(17-26)34(46)39-29-11-12-29/h7,9-10,15-21,29H,6,8,11-14H2,1-5H3,(H,38,45)(H,39,46)(H2,37,40,41,48). The van der Waals surface area contributed by atoms with E-state index in [1.54, 1.807) is 43.6 Å². The summed E-state index contributed by atoms with van der Waals surface area (Å²) in [4.78, 5) is 58.7. The van der Waals surface area contributed by atoms with Crippen LogP contribution in [0.25, 0.3) is 22.4 Å². The van der Waals surface area contributed by atoms with Gasteiger partial charge < -0.3 is 26.2 Å². The highest BCUT2D eigenvalue weighted by Crippen LogP contribution is 2.29. The summed E-state index contributed by atoms with van der Waals surface area (Å²) in [5.41, 5.74) is 5.21. The molecule has 4 aromatic rings. The van der Waals surface area contributed by atoms with Crippen LogP contribution < -0.4 is 26.8 Å². The van der Waals surface area contributed by atoms with Crippen molar-refractivity contribution in [3.8, 4) is 22.4 Å². The van der Waals surface area contributed by atoms with Crippen LogP contribution in [0.4, 0.5) is 16.2 Å². The molecule has 0 aliphatic heterocycles. The van der Waals surface area contributed by atoms with Crippen LogP contribution in [0.2, 0.25) is 0 Å². The quantitative estimate of drug-likeness (QED) is 0.161. The normalized spacial score (nSPS) is 12.5. The Bertz CT molecular complexity index is 1880. The molecule has 250 valence electrons. The maximum atomic E-state index is 13.2. The second-order valence-corrected chi connectivity index (χ2v) is 12.3. The van der Waals surface area contributed by atoms with Crippen LogP contribution in [0.15, 0.2) is 65.7 Å². The van der Waals surface area contributed by atoms with Crippen molar-refractivity contribution < 1.29 is 14.4 Å². The summed E-state index contributed by atoms with van der Waals surface area (Å²) >= 11 is 0.